The molecule has 6 rings (SSSR count). The summed E-state index contributed by atoms with van der Waals surface area (Å²) in [5, 5.41) is 6.81. The number of rotatable bonds is 3. The Labute approximate surface area is 209 Å². The first-order valence-electron chi connectivity index (χ1n) is 11.0. The molecule has 2 aliphatic heterocycles. The Morgan fingerprint density at radius 2 is 1.82 bits per heavy atom. The molecule has 6 nitrogen and oxygen atoms in total. The van der Waals surface area contributed by atoms with Gasteiger partial charge in [-0.2, -0.15) is 0 Å². The first-order chi connectivity index (χ1) is 15.6. The number of para-hydroxylation sites is 1. The molecular weight excluding hydrogens is 539 g/mol. The molecule has 33 heavy (non-hydrogen) atoms. The number of hydrogen-bond acceptors (Lipinski definition) is 5. The first-order valence-corrected chi connectivity index (χ1v) is 12.5. The number of hydrogen-bond donors (Lipinski definition) is 1. The van der Waals surface area contributed by atoms with Gasteiger partial charge in [0.15, 0.2) is 0 Å². The third kappa shape index (κ3) is 3.24. The first kappa shape index (κ1) is 22.4. The summed E-state index contributed by atoms with van der Waals surface area (Å²) in [6, 6.07) is 11.1. The topological polar surface area (TPSA) is 69.3 Å². The van der Waals surface area contributed by atoms with Crippen molar-refractivity contribution in [3.05, 3.63) is 83.7 Å². The van der Waals surface area contributed by atoms with Crippen LogP contribution in [0.5, 0.6) is 0 Å². The van der Waals surface area contributed by atoms with Crippen LogP contribution in [0.15, 0.2) is 78.0 Å². The summed E-state index contributed by atoms with van der Waals surface area (Å²) in [5.74, 6) is 0. The standard InChI is InChI=1S/C25H24N4O2S.Sn.2H/c30-32(31,22-11-6-8-19-9-7-14-26-24(19)22)25-13-3-2-10-21(25)23-20(12-15-27-23)18-29(25)28-16-4-1-5-17-28;;;/h2-3,6-15,18,27H,1,4-5,16-17H2;;;. The van der Waals surface area contributed by atoms with Gasteiger partial charge in [-0.05, 0) is 37.1 Å². The predicted molar refractivity (Wildman–Crippen MR) is 134 cm³/mol. The molecule has 1 N–H and O–H groups in total. The molecule has 1 atom stereocenters. The van der Waals surface area contributed by atoms with Crippen LogP contribution in [0.3, 0.4) is 0 Å². The number of nitrogens with zero attached hydrogens (tertiary/aromatic N) is 3. The van der Waals surface area contributed by atoms with Crippen LogP contribution in [-0.2, 0) is 9.84 Å². The van der Waals surface area contributed by atoms with Gasteiger partial charge in [0.25, 0.3) is 0 Å². The van der Waals surface area contributed by atoms with Gasteiger partial charge in [0.2, 0.25) is 14.7 Å². The van der Waals surface area contributed by atoms with Gasteiger partial charge in [-0.15, -0.1) is 0 Å². The summed E-state index contributed by atoms with van der Waals surface area (Å²) in [6.07, 6.45) is 16.3. The molecule has 3 aromatic rings. The number of allylic oxidation sites excluding steroid dienone is 2. The van der Waals surface area contributed by atoms with Gasteiger partial charge >= 0.3 is 23.9 Å². The maximum absolute atomic E-state index is 14.7. The van der Waals surface area contributed by atoms with Gasteiger partial charge in [-0.1, -0.05) is 42.8 Å². The SMILES string of the molecule is O=S(=O)(c1cccc2cccnc12)C12C=CC=CC1=c1[nH]ccc1=CN2N1CCCCC1.[SnH2]. The van der Waals surface area contributed by atoms with Crippen LogP contribution in [0.2, 0.25) is 0 Å². The van der Waals surface area contributed by atoms with Gasteiger partial charge in [0.05, 0.1) is 15.8 Å². The molecule has 1 aliphatic carbocycles. The second kappa shape index (κ2) is 8.45. The number of pyridine rings is 1. The van der Waals surface area contributed by atoms with Gasteiger partial charge in [0.1, 0.15) is 0 Å². The van der Waals surface area contributed by atoms with Gasteiger partial charge in [-0.25, -0.2) is 13.4 Å². The number of H-pyrrole nitrogens is 1. The van der Waals surface area contributed by atoms with Crippen LogP contribution in [0.4, 0.5) is 0 Å². The zero-order valence-corrected chi connectivity index (χ0v) is 23.2. The molecule has 4 heterocycles. The number of aromatic nitrogens is 2. The Hall–Kier alpha value is -2.36. The van der Waals surface area contributed by atoms with Crippen molar-refractivity contribution in [3.8, 4) is 0 Å². The number of piperidine rings is 1. The van der Waals surface area contributed by atoms with Crippen molar-refractivity contribution in [1.82, 2.24) is 20.0 Å². The number of sulfone groups is 1. The third-order valence-electron chi connectivity index (χ3n) is 6.66. The fourth-order valence-corrected chi connectivity index (χ4v) is 7.31. The van der Waals surface area contributed by atoms with E-state index < -0.39 is 14.7 Å². The van der Waals surface area contributed by atoms with Crippen LogP contribution in [0.1, 0.15) is 19.3 Å². The van der Waals surface area contributed by atoms with Gasteiger partial charge in [0, 0.05) is 47.9 Å². The molecule has 0 bridgehead atoms. The minimum absolute atomic E-state index is 0. The Morgan fingerprint density at radius 3 is 2.67 bits per heavy atom. The van der Waals surface area contributed by atoms with Crippen molar-refractivity contribution in [1.29, 1.82) is 0 Å². The molecule has 1 aromatic carbocycles. The summed E-state index contributed by atoms with van der Waals surface area (Å²) in [7, 11) is -3.93. The average molecular weight is 565 g/mol. The third-order valence-corrected chi connectivity index (χ3v) is 8.94. The molecule has 0 amide bonds. The summed E-state index contributed by atoms with van der Waals surface area (Å²) in [6.45, 7) is 1.65. The number of hydrazine groups is 1. The van der Waals surface area contributed by atoms with E-state index in [0.29, 0.717) is 5.52 Å². The number of benzene rings is 1. The number of fused-ring (bicyclic) bond motifs is 3. The van der Waals surface area contributed by atoms with E-state index in [1.165, 1.54) is 6.42 Å². The van der Waals surface area contributed by atoms with Crippen molar-refractivity contribution < 1.29 is 8.42 Å². The quantitative estimate of drug-likeness (QED) is 0.489. The van der Waals surface area contributed by atoms with E-state index in [-0.39, 0.29) is 28.8 Å². The minimum atomic E-state index is -3.93. The van der Waals surface area contributed by atoms with Crippen molar-refractivity contribution in [2.45, 2.75) is 29.0 Å². The Morgan fingerprint density at radius 1 is 1.00 bits per heavy atom. The summed E-state index contributed by atoms with van der Waals surface area (Å²) in [5.41, 5.74) is 1.24. The second-order valence-corrected chi connectivity index (χ2v) is 10.5. The maximum atomic E-state index is 14.7. The zero-order chi connectivity index (χ0) is 21.8. The van der Waals surface area contributed by atoms with Crippen molar-refractivity contribution in [3.63, 3.8) is 0 Å². The van der Waals surface area contributed by atoms with Crippen molar-refractivity contribution in [2.24, 2.45) is 0 Å². The normalized spacial score (nSPS) is 22.4. The molecule has 2 radical (unpaired) electrons. The zero-order valence-electron chi connectivity index (χ0n) is 18.3. The van der Waals surface area contributed by atoms with Crippen molar-refractivity contribution >= 4 is 56.4 Å². The van der Waals surface area contributed by atoms with E-state index in [2.05, 4.69) is 15.0 Å². The van der Waals surface area contributed by atoms with E-state index in [0.717, 1.165) is 47.5 Å². The van der Waals surface area contributed by atoms with E-state index in [4.69, 9.17) is 0 Å². The van der Waals surface area contributed by atoms with Crippen LogP contribution >= 0.6 is 0 Å². The van der Waals surface area contributed by atoms with Crippen LogP contribution in [-0.4, -0.2) is 70.3 Å². The predicted octanol–water partition coefficient (Wildman–Crippen LogP) is 1.55. The summed E-state index contributed by atoms with van der Waals surface area (Å²) >= 11 is 0. The van der Waals surface area contributed by atoms with Crippen molar-refractivity contribution in [2.75, 3.05) is 13.1 Å². The molecule has 1 saturated heterocycles. The molecule has 1 fully saturated rings. The van der Waals surface area contributed by atoms with E-state index in [1.807, 2.05) is 66.0 Å². The molecular formula is C25H26N4O2SSn. The Kier molecular flexibility index (Phi) is 5.74. The van der Waals surface area contributed by atoms with E-state index in [9.17, 15) is 8.42 Å². The fourth-order valence-electron chi connectivity index (χ4n) is 5.16. The van der Waals surface area contributed by atoms with E-state index in [1.54, 1.807) is 18.3 Å². The molecule has 8 heteroatoms. The van der Waals surface area contributed by atoms with Crippen LogP contribution < -0.4 is 10.6 Å². The summed E-state index contributed by atoms with van der Waals surface area (Å²) in [4.78, 5) is 6.62. The average Bonchev–Trinajstić information content (AvgIpc) is 3.32. The fraction of sp³-hybridized carbons (Fsp3) is 0.240. The van der Waals surface area contributed by atoms with Crippen LogP contribution in [0, 0.1) is 0 Å². The number of nitrogens with one attached hydrogen (secondary N) is 1. The molecule has 1 unspecified atom stereocenters. The van der Waals surface area contributed by atoms with Gasteiger partial charge < -0.3 is 4.98 Å². The number of aromatic amines is 1. The molecule has 0 spiro atoms. The Balaban J connectivity index is 0.00000228. The van der Waals surface area contributed by atoms with Gasteiger partial charge in [-0.3, -0.25) is 9.99 Å². The van der Waals surface area contributed by atoms with Crippen LogP contribution in [0.25, 0.3) is 22.7 Å². The summed E-state index contributed by atoms with van der Waals surface area (Å²) < 4.78 is 29.4. The Bertz CT molecular complexity index is 1500. The molecule has 168 valence electrons. The monoisotopic (exact) mass is 566 g/mol. The molecule has 3 aliphatic rings. The molecule has 2 aromatic heterocycles. The van der Waals surface area contributed by atoms with E-state index >= 15 is 0 Å². The molecule has 0 saturated carbocycles. The second-order valence-electron chi connectivity index (χ2n) is 8.46.